The zero-order valence-electron chi connectivity index (χ0n) is 14.3. The van der Waals surface area contributed by atoms with E-state index in [1.165, 1.54) is 7.11 Å². The van der Waals surface area contributed by atoms with Gasteiger partial charge in [0.15, 0.2) is 0 Å². The molecule has 0 unspecified atom stereocenters. The normalized spacial score (nSPS) is 10.3. The van der Waals surface area contributed by atoms with Gasteiger partial charge in [-0.1, -0.05) is 36.4 Å². The Morgan fingerprint density at radius 3 is 2.54 bits per heavy atom. The molecule has 3 aromatic rings. The van der Waals surface area contributed by atoms with Crippen molar-refractivity contribution in [2.24, 2.45) is 5.73 Å². The van der Waals surface area contributed by atoms with Gasteiger partial charge in [0.2, 0.25) is 11.8 Å². The predicted molar refractivity (Wildman–Crippen MR) is 103 cm³/mol. The molecule has 0 aromatic heterocycles. The maximum absolute atomic E-state index is 12.3. The lowest BCUT2D eigenvalue weighted by Gasteiger charge is -2.13. The maximum Gasteiger partial charge on any atom is 0.248 e. The third kappa shape index (κ3) is 3.75. The van der Waals surface area contributed by atoms with Crippen molar-refractivity contribution >= 4 is 34.0 Å². The molecule has 0 bridgehead atoms. The molecular weight excluding hydrogens is 330 g/mol. The van der Waals surface area contributed by atoms with Crippen molar-refractivity contribution in [3.8, 4) is 5.75 Å². The van der Waals surface area contributed by atoms with Crippen molar-refractivity contribution in [3.05, 3.63) is 66.2 Å². The average molecular weight is 349 g/mol. The first-order valence-electron chi connectivity index (χ1n) is 8.08. The fourth-order valence-electron chi connectivity index (χ4n) is 2.70. The van der Waals surface area contributed by atoms with Crippen LogP contribution in [0.5, 0.6) is 5.75 Å². The zero-order valence-corrected chi connectivity index (χ0v) is 14.3. The number of benzene rings is 3. The summed E-state index contributed by atoms with van der Waals surface area (Å²) >= 11 is 0. The highest BCUT2D eigenvalue weighted by atomic mass is 16.5. The lowest BCUT2D eigenvalue weighted by molar-refractivity contribution is -0.114. The van der Waals surface area contributed by atoms with Gasteiger partial charge in [0.1, 0.15) is 5.75 Å². The zero-order chi connectivity index (χ0) is 18.5. The molecule has 0 heterocycles. The molecule has 4 N–H and O–H groups in total. The van der Waals surface area contributed by atoms with E-state index < -0.39 is 5.91 Å². The molecule has 3 aromatic carbocycles. The van der Waals surface area contributed by atoms with E-state index in [0.717, 1.165) is 16.5 Å². The van der Waals surface area contributed by atoms with Crippen LogP contribution in [0.1, 0.15) is 10.4 Å². The minimum atomic E-state index is -0.545. The van der Waals surface area contributed by atoms with Crippen molar-refractivity contribution in [3.63, 3.8) is 0 Å². The lowest BCUT2D eigenvalue weighted by Crippen LogP contribution is -2.22. The number of carbonyl (C=O) groups is 2. The van der Waals surface area contributed by atoms with Crippen molar-refractivity contribution < 1.29 is 14.3 Å². The molecule has 0 aliphatic carbocycles. The minimum Gasteiger partial charge on any atom is -0.495 e. The van der Waals surface area contributed by atoms with Crippen molar-refractivity contribution in [1.82, 2.24) is 0 Å². The van der Waals surface area contributed by atoms with E-state index in [-0.39, 0.29) is 12.5 Å². The molecule has 0 aliphatic rings. The Morgan fingerprint density at radius 1 is 1.00 bits per heavy atom. The van der Waals surface area contributed by atoms with Crippen LogP contribution in [0, 0.1) is 0 Å². The molecule has 6 heteroatoms. The van der Waals surface area contributed by atoms with E-state index in [4.69, 9.17) is 10.5 Å². The van der Waals surface area contributed by atoms with E-state index in [9.17, 15) is 9.59 Å². The summed E-state index contributed by atoms with van der Waals surface area (Å²) in [5.41, 5.74) is 6.90. The van der Waals surface area contributed by atoms with Crippen LogP contribution < -0.4 is 21.1 Å². The summed E-state index contributed by atoms with van der Waals surface area (Å²) < 4.78 is 5.24. The van der Waals surface area contributed by atoms with Gasteiger partial charge in [0.05, 0.1) is 19.3 Å². The molecule has 26 heavy (non-hydrogen) atoms. The number of hydrogen-bond acceptors (Lipinski definition) is 4. The summed E-state index contributed by atoms with van der Waals surface area (Å²) in [6, 6.07) is 18.3. The van der Waals surface area contributed by atoms with E-state index in [1.54, 1.807) is 18.2 Å². The van der Waals surface area contributed by atoms with Crippen LogP contribution in [-0.4, -0.2) is 25.5 Å². The van der Waals surface area contributed by atoms with Gasteiger partial charge in [-0.3, -0.25) is 9.59 Å². The Bertz CT molecular complexity index is 964. The van der Waals surface area contributed by atoms with Gasteiger partial charge in [0, 0.05) is 16.6 Å². The number of primary amides is 1. The minimum absolute atomic E-state index is 0.0157. The number of rotatable bonds is 6. The molecule has 3 rings (SSSR count). The number of methoxy groups -OCH3 is 1. The van der Waals surface area contributed by atoms with Crippen LogP contribution in [0.15, 0.2) is 60.7 Å². The number of amides is 2. The second-order valence-corrected chi connectivity index (χ2v) is 5.71. The number of carbonyl (C=O) groups excluding carboxylic acids is 2. The SMILES string of the molecule is COc1ccc(C(N)=O)cc1NCC(=O)Nc1cccc2ccccc12. The van der Waals surface area contributed by atoms with Crippen LogP contribution in [0.4, 0.5) is 11.4 Å². The highest BCUT2D eigenvalue weighted by Gasteiger charge is 2.10. The number of fused-ring (bicyclic) bond motifs is 1. The van der Waals surface area contributed by atoms with Gasteiger partial charge in [0.25, 0.3) is 0 Å². The maximum atomic E-state index is 12.3. The van der Waals surface area contributed by atoms with E-state index in [1.807, 2.05) is 42.5 Å². The Hall–Kier alpha value is -3.54. The molecule has 0 fully saturated rings. The van der Waals surface area contributed by atoms with Gasteiger partial charge < -0.3 is 21.1 Å². The molecule has 6 nitrogen and oxygen atoms in total. The Balaban J connectivity index is 1.73. The number of hydrogen-bond donors (Lipinski definition) is 3. The molecular formula is C20H19N3O3. The predicted octanol–water partition coefficient (Wildman–Crippen LogP) is 3.00. The average Bonchev–Trinajstić information content (AvgIpc) is 2.66. The molecule has 2 amide bonds. The topological polar surface area (TPSA) is 93.4 Å². The molecule has 132 valence electrons. The van der Waals surface area contributed by atoms with Crippen LogP contribution in [0.3, 0.4) is 0 Å². The number of nitrogens with two attached hydrogens (primary N) is 1. The van der Waals surface area contributed by atoms with Crippen LogP contribution in [0.2, 0.25) is 0 Å². The lowest BCUT2D eigenvalue weighted by atomic mass is 10.1. The van der Waals surface area contributed by atoms with Crippen molar-refractivity contribution in [2.75, 3.05) is 24.3 Å². The third-order valence-corrected chi connectivity index (χ3v) is 3.99. The van der Waals surface area contributed by atoms with Crippen LogP contribution in [-0.2, 0) is 4.79 Å². The number of ether oxygens (including phenoxy) is 1. The molecule has 0 saturated carbocycles. The Kier molecular flexibility index (Phi) is 5.03. The quantitative estimate of drug-likeness (QED) is 0.638. The van der Waals surface area contributed by atoms with Crippen molar-refractivity contribution in [1.29, 1.82) is 0 Å². The molecule has 0 atom stereocenters. The fourth-order valence-corrected chi connectivity index (χ4v) is 2.70. The van der Waals surface area contributed by atoms with Crippen LogP contribution in [0.25, 0.3) is 10.8 Å². The van der Waals surface area contributed by atoms with Gasteiger partial charge >= 0.3 is 0 Å². The first kappa shape index (κ1) is 17.3. The monoisotopic (exact) mass is 349 g/mol. The molecule has 0 radical (unpaired) electrons. The third-order valence-electron chi connectivity index (χ3n) is 3.99. The standard InChI is InChI=1S/C20H19N3O3/c1-26-18-10-9-14(20(21)25)11-17(18)22-12-19(24)23-16-8-4-6-13-5-2-3-7-15(13)16/h2-11,22H,12H2,1H3,(H2,21,25)(H,23,24). The summed E-state index contributed by atoms with van der Waals surface area (Å²) in [6.45, 7) is 0.0157. The van der Waals surface area contributed by atoms with Crippen molar-refractivity contribution in [2.45, 2.75) is 0 Å². The Morgan fingerprint density at radius 2 is 1.77 bits per heavy atom. The first-order valence-corrected chi connectivity index (χ1v) is 8.08. The van der Waals surface area contributed by atoms with E-state index in [2.05, 4.69) is 10.6 Å². The van der Waals surface area contributed by atoms with E-state index in [0.29, 0.717) is 17.0 Å². The summed E-state index contributed by atoms with van der Waals surface area (Å²) in [7, 11) is 1.51. The second-order valence-electron chi connectivity index (χ2n) is 5.71. The first-order chi connectivity index (χ1) is 12.6. The second kappa shape index (κ2) is 7.57. The van der Waals surface area contributed by atoms with Gasteiger partial charge in [-0.25, -0.2) is 0 Å². The highest BCUT2D eigenvalue weighted by Crippen LogP contribution is 2.26. The number of anilines is 2. The summed E-state index contributed by atoms with van der Waals surface area (Å²) in [6.07, 6.45) is 0. The smallest absolute Gasteiger partial charge is 0.248 e. The van der Waals surface area contributed by atoms with Crippen LogP contribution >= 0.6 is 0 Å². The summed E-state index contributed by atoms with van der Waals surface area (Å²) in [4.78, 5) is 23.7. The largest absolute Gasteiger partial charge is 0.495 e. The van der Waals surface area contributed by atoms with Gasteiger partial charge in [-0.15, -0.1) is 0 Å². The highest BCUT2D eigenvalue weighted by molar-refractivity contribution is 6.03. The number of nitrogens with one attached hydrogen (secondary N) is 2. The summed E-state index contributed by atoms with van der Waals surface area (Å²) in [5.74, 6) is -0.239. The molecule has 0 spiro atoms. The van der Waals surface area contributed by atoms with Gasteiger partial charge in [-0.05, 0) is 29.7 Å². The summed E-state index contributed by atoms with van der Waals surface area (Å²) in [5, 5.41) is 7.90. The van der Waals surface area contributed by atoms with Gasteiger partial charge in [-0.2, -0.15) is 0 Å². The fraction of sp³-hybridized carbons (Fsp3) is 0.100. The molecule has 0 saturated heterocycles. The molecule has 0 aliphatic heterocycles. The Labute approximate surface area is 151 Å². The van der Waals surface area contributed by atoms with E-state index >= 15 is 0 Å².